The van der Waals surface area contributed by atoms with Crippen LogP contribution in [0.5, 0.6) is 0 Å². The topological polar surface area (TPSA) is 96.9 Å². The number of nitrogens with two attached hydrogens (primary N) is 1. The smallest absolute Gasteiger partial charge is 0.244 e. The minimum Gasteiger partial charge on any atom is -0.461 e. The van der Waals surface area contributed by atoms with E-state index in [0.717, 1.165) is 48.8 Å². The summed E-state index contributed by atoms with van der Waals surface area (Å²) in [4.78, 5) is 20.2. The molecule has 1 fully saturated rings. The van der Waals surface area contributed by atoms with Crippen LogP contribution in [0, 0.1) is 0 Å². The van der Waals surface area contributed by atoms with Gasteiger partial charge in [-0.25, -0.2) is 4.98 Å². The molecule has 1 saturated carbocycles. The fourth-order valence-electron chi connectivity index (χ4n) is 3.28. The van der Waals surface area contributed by atoms with E-state index in [-0.39, 0.29) is 30.7 Å². The van der Waals surface area contributed by atoms with E-state index in [9.17, 15) is 4.79 Å². The van der Waals surface area contributed by atoms with Crippen molar-refractivity contribution in [3.05, 3.63) is 36.6 Å². The van der Waals surface area contributed by atoms with Gasteiger partial charge in [0.25, 0.3) is 0 Å². The molecule has 0 atom stereocenters. The molecule has 1 aliphatic rings. The Balaban J connectivity index is 0.00000121. The molecule has 0 aliphatic heterocycles. The fraction of sp³-hybridized carbons (Fsp3) is 0.333. The molecule has 4 N–H and O–H groups in total. The lowest BCUT2D eigenvalue weighted by Crippen LogP contribution is -2.52. The van der Waals surface area contributed by atoms with Crippen LogP contribution in [-0.4, -0.2) is 21.4 Å². The van der Waals surface area contributed by atoms with Gasteiger partial charge >= 0.3 is 0 Å². The highest BCUT2D eigenvalue weighted by atomic mass is 35.5. The molecule has 0 bridgehead atoms. The third-order valence-electron chi connectivity index (χ3n) is 4.69. The Morgan fingerprint density at radius 1 is 1.19 bits per heavy atom. The highest BCUT2D eigenvalue weighted by Crippen LogP contribution is 2.28. The summed E-state index contributed by atoms with van der Waals surface area (Å²) >= 11 is 0. The van der Waals surface area contributed by atoms with Gasteiger partial charge in [-0.15, -0.1) is 24.8 Å². The van der Waals surface area contributed by atoms with Gasteiger partial charge in [0.2, 0.25) is 5.91 Å². The maximum Gasteiger partial charge on any atom is 0.244 e. The second kappa shape index (κ2) is 8.12. The predicted molar refractivity (Wildman–Crippen MR) is 107 cm³/mol. The van der Waals surface area contributed by atoms with Gasteiger partial charge in [0.1, 0.15) is 0 Å². The van der Waals surface area contributed by atoms with Gasteiger partial charge in [-0.3, -0.25) is 4.79 Å². The van der Waals surface area contributed by atoms with Gasteiger partial charge in [-0.05, 0) is 43.2 Å². The molecule has 0 saturated heterocycles. The van der Waals surface area contributed by atoms with E-state index in [1.807, 2.05) is 30.3 Å². The number of H-pyrrole nitrogens is 1. The molecule has 0 spiro atoms. The van der Waals surface area contributed by atoms with Crippen molar-refractivity contribution in [2.24, 2.45) is 5.73 Å². The Morgan fingerprint density at radius 3 is 2.65 bits per heavy atom. The molecule has 3 aromatic rings. The Labute approximate surface area is 163 Å². The van der Waals surface area contributed by atoms with Crippen LogP contribution in [0.1, 0.15) is 32.1 Å². The first kappa shape index (κ1) is 20.3. The predicted octanol–water partition coefficient (Wildman–Crippen LogP) is 4.27. The van der Waals surface area contributed by atoms with Crippen LogP contribution in [0.15, 0.2) is 41.0 Å². The van der Waals surface area contributed by atoms with Crippen LogP contribution in [0.25, 0.3) is 22.6 Å². The number of amides is 1. The van der Waals surface area contributed by atoms with E-state index in [2.05, 4.69) is 15.3 Å². The van der Waals surface area contributed by atoms with E-state index in [4.69, 9.17) is 10.2 Å². The average Bonchev–Trinajstić information content (AvgIpc) is 3.24. The first-order valence-electron chi connectivity index (χ1n) is 8.28. The van der Waals surface area contributed by atoms with E-state index in [0.29, 0.717) is 11.6 Å². The van der Waals surface area contributed by atoms with Crippen LogP contribution in [0.4, 0.5) is 5.69 Å². The maximum absolute atomic E-state index is 12.5. The summed E-state index contributed by atoms with van der Waals surface area (Å²) in [6.45, 7) is 0. The average molecular weight is 397 g/mol. The standard InChI is InChI=1S/C18H20N4O2.2ClH/c19-18(8-2-1-3-9-18)17(23)20-12-6-7-13-14(11-12)22-16(21-13)15-5-4-10-24-15;;/h4-7,10-11H,1-3,8-9,19H2,(H,20,23)(H,21,22);2*1H. The van der Waals surface area contributed by atoms with Gasteiger partial charge < -0.3 is 20.5 Å². The molecule has 8 heteroatoms. The number of hydrogen-bond donors (Lipinski definition) is 3. The number of halogens is 2. The van der Waals surface area contributed by atoms with Gasteiger partial charge in [-0.2, -0.15) is 0 Å². The lowest BCUT2D eigenvalue weighted by atomic mass is 9.82. The number of anilines is 1. The quantitative estimate of drug-likeness (QED) is 0.615. The highest BCUT2D eigenvalue weighted by molar-refractivity contribution is 5.99. The van der Waals surface area contributed by atoms with E-state index in [1.165, 1.54) is 0 Å². The number of rotatable bonds is 3. The molecule has 140 valence electrons. The monoisotopic (exact) mass is 396 g/mol. The summed E-state index contributed by atoms with van der Waals surface area (Å²) < 4.78 is 5.36. The lowest BCUT2D eigenvalue weighted by molar-refractivity contribution is -0.122. The van der Waals surface area contributed by atoms with Crippen molar-refractivity contribution in [3.8, 4) is 11.6 Å². The zero-order valence-electron chi connectivity index (χ0n) is 14.2. The lowest BCUT2D eigenvalue weighted by Gasteiger charge is -2.31. The third kappa shape index (κ3) is 3.87. The number of nitrogens with zero attached hydrogens (tertiary/aromatic N) is 1. The molecular weight excluding hydrogens is 375 g/mol. The number of hydrogen-bond acceptors (Lipinski definition) is 4. The molecule has 0 unspecified atom stereocenters. The van der Waals surface area contributed by atoms with Gasteiger partial charge in [0.15, 0.2) is 11.6 Å². The Morgan fingerprint density at radius 2 is 1.96 bits per heavy atom. The number of benzene rings is 1. The van der Waals surface area contributed by atoms with Gasteiger partial charge in [0.05, 0.1) is 22.8 Å². The van der Waals surface area contributed by atoms with Crippen LogP contribution < -0.4 is 11.1 Å². The zero-order valence-corrected chi connectivity index (χ0v) is 15.8. The number of nitrogens with one attached hydrogen (secondary N) is 2. The number of carbonyl (C=O) groups is 1. The first-order chi connectivity index (χ1) is 11.6. The summed E-state index contributed by atoms with van der Waals surface area (Å²) in [5, 5.41) is 2.95. The highest BCUT2D eigenvalue weighted by Gasteiger charge is 2.35. The molecule has 26 heavy (non-hydrogen) atoms. The number of aromatic amines is 1. The molecule has 0 radical (unpaired) electrons. The maximum atomic E-state index is 12.5. The first-order valence-corrected chi connectivity index (χ1v) is 8.28. The second-order valence-corrected chi connectivity index (χ2v) is 6.47. The van der Waals surface area contributed by atoms with E-state index >= 15 is 0 Å². The molecular formula is C18H22Cl2N4O2. The van der Waals surface area contributed by atoms with Crippen molar-refractivity contribution in [1.82, 2.24) is 9.97 Å². The number of fused-ring (bicyclic) bond motifs is 1. The minimum atomic E-state index is -0.749. The minimum absolute atomic E-state index is 0. The van der Waals surface area contributed by atoms with E-state index in [1.54, 1.807) is 6.26 Å². The van der Waals surface area contributed by atoms with Crippen molar-refractivity contribution in [1.29, 1.82) is 0 Å². The molecule has 2 heterocycles. The van der Waals surface area contributed by atoms with Gasteiger partial charge in [-0.1, -0.05) is 19.3 Å². The largest absolute Gasteiger partial charge is 0.461 e. The zero-order chi connectivity index (χ0) is 16.6. The summed E-state index contributed by atoms with van der Waals surface area (Å²) in [5.74, 6) is 1.24. The Kier molecular flexibility index (Phi) is 6.34. The summed E-state index contributed by atoms with van der Waals surface area (Å²) in [6, 6.07) is 9.26. The van der Waals surface area contributed by atoms with Gasteiger partial charge in [0, 0.05) is 5.69 Å². The summed E-state index contributed by atoms with van der Waals surface area (Å²) in [5.41, 5.74) is 7.92. The van der Waals surface area contributed by atoms with Crippen LogP contribution in [0.3, 0.4) is 0 Å². The van der Waals surface area contributed by atoms with Crippen molar-refractivity contribution in [3.63, 3.8) is 0 Å². The number of imidazole rings is 1. The third-order valence-corrected chi connectivity index (χ3v) is 4.69. The summed E-state index contributed by atoms with van der Waals surface area (Å²) in [6.07, 6.45) is 6.27. The number of aromatic nitrogens is 2. The van der Waals surface area contributed by atoms with Crippen molar-refractivity contribution in [2.75, 3.05) is 5.32 Å². The molecule has 1 aliphatic carbocycles. The fourth-order valence-corrected chi connectivity index (χ4v) is 3.28. The van der Waals surface area contributed by atoms with Crippen molar-refractivity contribution in [2.45, 2.75) is 37.6 Å². The Bertz CT molecular complexity index is 871. The van der Waals surface area contributed by atoms with Crippen LogP contribution >= 0.6 is 24.8 Å². The summed E-state index contributed by atoms with van der Waals surface area (Å²) in [7, 11) is 0. The van der Waals surface area contributed by atoms with Crippen molar-refractivity contribution >= 4 is 47.4 Å². The molecule has 1 aromatic carbocycles. The molecule has 1 amide bonds. The molecule has 4 rings (SSSR count). The SMILES string of the molecule is Cl.Cl.NC1(C(=O)Nc2ccc3nc(-c4ccco4)[nH]c3c2)CCCCC1. The Hall–Kier alpha value is -2.02. The van der Waals surface area contributed by atoms with Crippen LogP contribution in [-0.2, 0) is 4.79 Å². The van der Waals surface area contributed by atoms with Crippen LogP contribution in [0.2, 0.25) is 0 Å². The number of carbonyl (C=O) groups excluding carboxylic acids is 1. The molecule has 2 aromatic heterocycles. The second-order valence-electron chi connectivity index (χ2n) is 6.47. The van der Waals surface area contributed by atoms with E-state index < -0.39 is 5.54 Å². The normalized spacial score (nSPS) is 15.7. The number of furan rings is 1. The molecule has 6 nitrogen and oxygen atoms in total. The van der Waals surface area contributed by atoms with Crippen molar-refractivity contribution < 1.29 is 9.21 Å².